The van der Waals surface area contributed by atoms with Gasteiger partial charge in [0.2, 0.25) is 10.0 Å². The smallest absolute Gasteiger partial charge is 0.317 e. The van der Waals surface area contributed by atoms with Crippen molar-refractivity contribution in [2.75, 3.05) is 20.1 Å². The van der Waals surface area contributed by atoms with Gasteiger partial charge in [-0.05, 0) is 42.5 Å². The van der Waals surface area contributed by atoms with Crippen LogP contribution in [0.1, 0.15) is 17.5 Å². The molecule has 0 saturated heterocycles. The first-order chi connectivity index (χ1) is 12.4. The van der Waals surface area contributed by atoms with E-state index in [1.807, 2.05) is 18.2 Å². The van der Waals surface area contributed by atoms with Gasteiger partial charge in [0.15, 0.2) is 0 Å². The molecule has 0 aliphatic heterocycles. The molecule has 2 amide bonds. The third-order valence-electron chi connectivity index (χ3n) is 4.09. The second-order valence-corrected chi connectivity index (χ2v) is 7.74. The van der Waals surface area contributed by atoms with Gasteiger partial charge in [-0.2, -0.15) is 0 Å². The van der Waals surface area contributed by atoms with E-state index in [1.165, 1.54) is 17.7 Å². The van der Waals surface area contributed by atoms with E-state index in [1.54, 1.807) is 24.1 Å². The molecule has 0 aromatic heterocycles. The van der Waals surface area contributed by atoms with Crippen LogP contribution < -0.4 is 10.5 Å². The van der Waals surface area contributed by atoms with Crippen molar-refractivity contribution < 1.29 is 13.2 Å². The first kappa shape index (κ1) is 19.9. The zero-order valence-corrected chi connectivity index (χ0v) is 15.7. The van der Waals surface area contributed by atoms with Crippen LogP contribution in [0.15, 0.2) is 59.5 Å². The standard InChI is InChI=1S/C19H25N3O3S/c1-22(15-5-8-16-6-3-2-4-7-16)19(23)21-14-13-17-9-11-18(12-10-17)26(20,24)25/h2-4,6-7,9-12H,5,8,13-15H2,1H3,(H,21,23)(H2,20,24,25). The van der Waals surface area contributed by atoms with Crippen molar-refractivity contribution >= 4 is 16.1 Å². The summed E-state index contributed by atoms with van der Waals surface area (Å²) in [4.78, 5) is 13.8. The number of urea groups is 1. The topological polar surface area (TPSA) is 92.5 Å². The van der Waals surface area contributed by atoms with Crippen LogP contribution in [0.5, 0.6) is 0 Å². The van der Waals surface area contributed by atoms with Crippen LogP contribution in [0.2, 0.25) is 0 Å². The Morgan fingerprint density at radius 2 is 1.62 bits per heavy atom. The zero-order valence-electron chi connectivity index (χ0n) is 14.9. The van der Waals surface area contributed by atoms with Gasteiger partial charge in [-0.15, -0.1) is 0 Å². The van der Waals surface area contributed by atoms with Crippen LogP contribution in [0.25, 0.3) is 0 Å². The van der Waals surface area contributed by atoms with Gasteiger partial charge in [0, 0.05) is 20.1 Å². The predicted molar refractivity (Wildman–Crippen MR) is 102 cm³/mol. The number of hydrogen-bond donors (Lipinski definition) is 2. The molecule has 0 saturated carbocycles. The Labute approximate surface area is 155 Å². The molecule has 0 aliphatic carbocycles. The van der Waals surface area contributed by atoms with E-state index < -0.39 is 10.0 Å². The molecular formula is C19H25N3O3S. The molecule has 26 heavy (non-hydrogen) atoms. The average molecular weight is 375 g/mol. The van der Waals surface area contributed by atoms with E-state index in [9.17, 15) is 13.2 Å². The van der Waals surface area contributed by atoms with Crippen molar-refractivity contribution in [3.8, 4) is 0 Å². The maximum absolute atomic E-state index is 12.1. The van der Waals surface area contributed by atoms with E-state index in [-0.39, 0.29) is 10.9 Å². The number of sulfonamides is 1. The van der Waals surface area contributed by atoms with E-state index >= 15 is 0 Å². The van der Waals surface area contributed by atoms with Crippen molar-refractivity contribution in [1.29, 1.82) is 0 Å². The van der Waals surface area contributed by atoms with Crippen LogP contribution in [-0.2, 0) is 22.9 Å². The normalized spacial score (nSPS) is 11.2. The molecule has 2 rings (SSSR count). The van der Waals surface area contributed by atoms with E-state index in [0.717, 1.165) is 18.4 Å². The number of amides is 2. The summed E-state index contributed by atoms with van der Waals surface area (Å²) < 4.78 is 22.4. The number of nitrogens with one attached hydrogen (secondary N) is 1. The molecule has 0 atom stereocenters. The Balaban J connectivity index is 1.69. The number of carbonyl (C=O) groups excluding carboxylic acids is 1. The van der Waals surface area contributed by atoms with Gasteiger partial charge in [-0.1, -0.05) is 42.5 Å². The number of nitrogens with two attached hydrogens (primary N) is 1. The highest BCUT2D eigenvalue weighted by Crippen LogP contribution is 2.09. The summed E-state index contributed by atoms with van der Waals surface area (Å²) in [5, 5.41) is 7.94. The Hall–Kier alpha value is -2.38. The van der Waals surface area contributed by atoms with Crippen LogP contribution in [0.4, 0.5) is 4.79 Å². The largest absolute Gasteiger partial charge is 0.338 e. The lowest BCUT2D eigenvalue weighted by Crippen LogP contribution is -2.38. The Kier molecular flexibility index (Phi) is 7.17. The molecule has 0 aliphatic rings. The third-order valence-corrected chi connectivity index (χ3v) is 5.02. The lowest BCUT2D eigenvalue weighted by Gasteiger charge is -2.18. The Morgan fingerprint density at radius 3 is 2.23 bits per heavy atom. The van der Waals surface area contributed by atoms with Gasteiger partial charge in [-0.3, -0.25) is 0 Å². The molecule has 3 N–H and O–H groups in total. The Bertz CT molecular complexity index is 806. The van der Waals surface area contributed by atoms with Crippen molar-refractivity contribution in [3.05, 3.63) is 65.7 Å². The summed E-state index contributed by atoms with van der Waals surface area (Å²) in [5.74, 6) is 0. The average Bonchev–Trinajstić information content (AvgIpc) is 2.62. The first-order valence-electron chi connectivity index (χ1n) is 8.51. The summed E-state index contributed by atoms with van der Waals surface area (Å²) in [5.41, 5.74) is 2.20. The lowest BCUT2D eigenvalue weighted by atomic mass is 10.1. The molecule has 6 nitrogen and oxygen atoms in total. The highest BCUT2D eigenvalue weighted by molar-refractivity contribution is 7.89. The fourth-order valence-corrected chi connectivity index (χ4v) is 3.08. The van der Waals surface area contributed by atoms with E-state index in [2.05, 4.69) is 17.4 Å². The second kappa shape index (κ2) is 9.35. The van der Waals surface area contributed by atoms with Gasteiger partial charge in [-0.25, -0.2) is 18.4 Å². The SMILES string of the molecule is CN(CCCc1ccccc1)C(=O)NCCc1ccc(S(N)(=O)=O)cc1. The minimum atomic E-state index is -3.67. The van der Waals surface area contributed by atoms with Crippen LogP contribution in [0, 0.1) is 0 Å². The maximum atomic E-state index is 12.1. The fraction of sp³-hybridized carbons (Fsp3) is 0.316. The summed E-state index contributed by atoms with van der Waals surface area (Å²) in [6, 6.07) is 16.4. The van der Waals surface area contributed by atoms with Gasteiger partial charge >= 0.3 is 6.03 Å². The highest BCUT2D eigenvalue weighted by atomic mass is 32.2. The highest BCUT2D eigenvalue weighted by Gasteiger charge is 2.09. The van der Waals surface area contributed by atoms with E-state index in [0.29, 0.717) is 19.5 Å². The van der Waals surface area contributed by atoms with Crippen molar-refractivity contribution in [3.63, 3.8) is 0 Å². The number of benzene rings is 2. The Morgan fingerprint density at radius 1 is 1.00 bits per heavy atom. The molecule has 0 fully saturated rings. The van der Waals surface area contributed by atoms with Gasteiger partial charge in [0.1, 0.15) is 0 Å². The minimum absolute atomic E-state index is 0.0865. The van der Waals surface area contributed by atoms with Gasteiger partial charge < -0.3 is 10.2 Å². The monoisotopic (exact) mass is 375 g/mol. The summed E-state index contributed by atoms with van der Waals surface area (Å²) in [6.45, 7) is 1.17. The number of carbonyl (C=O) groups is 1. The predicted octanol–water partition coefficient (Wildman–Crippen LogP) is 2.15. The summed E-state index contributed by atoms with van der Waals surface area (Å²) >= 11 is 0. The number of rotatable bonds is 8. The molecule has 2 aromatic carbocycles. The van der Waals surface area contributed by atoms with Crippen molar-refractivity contribution in [2.24, 2.45) is 5.14 Å². The van der Waals surface area contributed by atoms with Crippen LogP contribution in [-0.4, -0.2) is 39.5 Å². The second-order valence-electron chi connectivity index (χ2n) is 6.18. The zero-order chi connectivity index (χ0) is 19.0. The van der Waals surface area contributed by atoms with Gasteiger partial charge in [0.05, 0.1) is 4.90 Å². The first-order valence-corrected chi connectivity index (χ1v) is 10.1. The number of nitrogens with zero attached hydrogens (tertiary/aromatic N) is 1. The molecule has 140 valence electrons. The number of aryl methyl sites for hydroxylation is 1. The molecule has 0 unspecified atom stereocenters. The molecule has 0 heterocycles. The number of primary sulfonamides is 1. The van der Waals surface area contributed by atoms with Crippen LogP contribution >= 0.6 is 0 Å². The van der Waals surface area contributed by atoms with Crippen molar-refractivity contribution in [2.45, 2.75) is 24.2 Å². The maximum Gasteiger partial charge on any atom is 0.317 e. The molecule has 7 heteroatoms. The molecular weight excluding hydrogens is 350 g/mol. The third kappa shape index (κ3) is 6.50. The van der Waals surface area contributed by atoms with Crippen LogP contribution in [0.3, 0.4) is 0 Å². The fourth-order valence-electron chi connectivity index (χ4n) is 2.56. The van der Waals surface area contributed by atoms with Crippen molar-refractivity contribution in [1.82, 2.24) is 10.2 Å². The summed E-state index contributed by atoms with van der Waals surface area (Å²) in [7, 11) is -1.89. The quantitative estimate of drug-likeness (QED) is 0.740. The number of hydrogen-bond acceptors (Lipinski definition) is 3. The molecule has 0 bridgehead atoms. The lowest BCUT2D eigenvalue weighted by molar-refractivity contribution is 0.208. The van der Waals surface area contributed by atoms with E-state index in [4.69, 9.17) is 5.14 Å². The molecule has 0 radical (unpaired) electrons. The molecule has 0 spiro atoms. The van der Waals surface area contributed by atoms with Gasteiger partial charge in [0.25, 0.3) is 0 Å². The minimum Gasteiger partial charge on any atom is -0.338 e. The molecule has 2 aromatic rings. The summed E-state index contributed by atoms with van der Waals surface area (Å²) in [6.07, 6.45) is 2.46.